The average Bonchev–Trinajstić information content (AvgIpc) is 2.94. The largest absolute Gasteiger partial charge is 0.494 e. The number of hydrogen-bond acceptors (Lipinski definition) is 4. The summed E-state index contributed by atoms with van der Waals surface area (Å²) < 4.78 is 11.3. The Balaban J connectivity index is 2.23. The van der Waals surface area contributed by atoms with Crippen LogP contribution >= 0.6 is 0 Å². The molecule has 1 aromatic carbocycles. The van der Waals surface area contributed by atoms with E-state index in [1.165, 1.54) is 0 Å². The molecule has 1 unspecified atom stereocenters. The van der Waals surface area contributed by atoms with Crippen LogP contribution in [0.25, 0.3) is 0 Å². The van der Waals surface area contributed by atoms with Crippen molar-refractivity contribution in [2.75, 3.05) is 13.2 Å². The molecule has 0 aliphatic heterocycles. The Labute approximate surface area is 119 Å². The molecule has 0 spiro atoms. The van der Waals surface area contributed by atoms with E-state index in [0.717, 1.165) is 29.2 Å². The summed E-state index contributed by atoms with van der Waals surface area (Å²) in [6.45, 7) is 7.43. The summed E-state index contributed by atoms with van der Waals surface area (Å²) in [5.74, 6) is 2.06. The lowest BCUT2D eigenvalue weighted by Gasteiger charge is -2.17. The molecule has 0 radical (unpaired) electrons. The molecule has 2 aromatic rings. The van der Waals surface area contributed by atoms with E-state index >= 15 is 0 Å². The Morgan fingerprint density at radius 1 is 1.20 bits per heavy atom. The molecule has 0 aliphatic rings. The summed E-state index contributed by atoms with van der Waals surface area (Å²) in [7, 11) is 0. The van der Waals surface area contributed by atoms with Crippen molar-refractivity contribution in [1.29, 1.82) is 0 Å². The minimum Gasteiger partial charge on any atom is -0.494 e. The van der Waals surface area contributed by atoms with Crippen molar-refractivity contribution < 1.29 is 9.47 Å². The number of nitrogens with zero attached hydrogens (tertiary/aromatic N) is 2. The highest BCUT2D eigenvalue weighted by molar-refractivity contribution is 5.42. The van der Waals surface area contributed by atoms with Crippen LogP contribution in [-0.4, -0.2) is 28.6 Å². The molecular formula is C15H21N3O2. The topological polar surface area (TPSA) is 60.0 Å². The number of nitrogens with one attached hydrogen (secondary N) is 1. The van der Waals surface area contributed by atoms with Gasteiger partial charge in [0, 0.05) is 5.56 Å². The van der Waals surface area contributed by atoms with Crippen LogP contribution in [0.2, 0.25) is 0 Å². The van der Waals surface area contributed by atoms with Gasteiger partial charge in [-0.25, -0.2) is 0 Å². The maximum atomic E-state index is 5.71. The molecule has 1 aromatic heterocycles. The van der Waals surface area contributed by atoms with Crippen molar-refractivity contribution in [3.05, 3.63) is 35.7 Å². The van der Waals surface area contributed by atoms with Gasteiger partial charge in [-0.2, -0.15) is 15.4 Å². The van der Waals surface area contributed by atoms with Gasteiger partial charge in [-0.15, -0.1) is 0 Å². The molecule has 2 rings (SSSR count). The fourth-order valence-corrected chi connectivity index (χ4v) is 2.20. The number of rotatable bonds is 7. The van der Waals surface area contributed by atoms with Gasteiger partial charge in [0.25, 0.3) is 0 Å². The molecule has 0 saturated carbocycles. The van der Waals surface area contributed by atoms with E-state index in [1.54, 1.807) is 6.20 Å². The SMILES string of the molecule is CCOc1ccc(OCC)c(C(C)Cc2cn[nH]n2)c1. The van der Waals surface area contributed by atoms with Gasteiger partial charge in [-0.05, 0) is 44.4 Å². The average molecular weight is 275 g/mol. The van der Waals surface area contributed by atoms with E-state index in [1.807, 2.05) is 26.0 Å². The Hall–Kier alpha value is -2.04. The lowest BCUT2D eigenvalue weighted by molar-refractivity contribution is 0.325. The summed E-state index contributed by atoms with van der Waals surface area (Å²) in [5.41, 5.74) is 2.09. The standard InChI is InChI=1S/C15H21N3O2/c1-4-19-13-6-7-15(20-5-2)14(9-13)11(3)8-12-10-16-18-17-12/h6-7,9-11H,4-5,8H2,1-3H3,(H,16,17,18). The number of aromatic nitrogens is 3. The van der Waals surface area contributed by atoms with Gasteiger partial charge in [0.1, 0.15) is 11.5 Å². The van der Waals surface area contributed by atoms with E-state index in [0.29, 0.717) is 13.2 Å². The maximum Gasteiger partial charge on any atom is 0.123 e. The summed E-state index contributed by atoms with van der Waals surface area (Å²) in [4.78, 5) is 0. The third-order valence-electron chi connectivity index (χ3n) is 3.10. The number of benzene rings is 1. The van der Waals surface area contributed by atoms with E-state index in [-0.39, 0.29) is 5.92 Å². The molecule has 0 amide bonds. The fraction of sp³-hybridized carbons (Fsp3) is 0.467. The first-order chi connectivity index (χ1) is 9.74. The third-order valence-corrected chi connectivity index (χ3v) is 3.10. The van der Waals surface area contributed by atoms with Crippen LogP contribution < -0.4 is 9.47 Å². The summed E-state index contributed by atoms with van der Waals surface area (Å²) in [6, 6.07) is 5.98. The molecule has 0 aliphatic carbocycles. The Bertz CT molecular complexity index is 526. The van der Waals surface area contributed by atoms with Crippen molar-refractivity contribution in [2.45, 2.75) is 33.1 Å². The highest BCUT2D eigenvalue weighted by atomic mass is 16.5. The first-order valence-electron chi connectivity index (χ1n) is 6.98. The molecule has 1 atom stereocenters. The van der Waals surface area contributed by atoms with Crippen molar-refractivity contribution in [2.24, 2.45) is 0 Å². The maximum absolute atomic E-state index is 5.71. The Morgan fingerprint density at radius 3 is 2.65 bits per heavy atom. The second kappa shape index (κ2) is 6.93. The van der Waals surface area contributed by atoms with E-state index in [9.17, 15) is 0 Å². The van der Waals surface area contributed by atoms with Crippen LogP contribution in [0.15, 0.2) is 24.4 Å². The number of hydrogen-bond donors (Lipinski definition) is 1. The summed E-state index contributed by atoms with van der Waals surface area (Å²) in [5, 5.41) is 10.6. The molecule has 5 heteroatoms. The second-order valence-corrected chi connectivity index (χ2v) is 4.63. The third kappa shape index (κ3) is 3.50. The van der Waals surface area contributed by atoms with Gasteiger partial charge in [0.05, 0.1) is 25.1 Å². The van der Waals surface area contributed by atoms with Crippen LogP contribution in [0.4, 0.5) is 0 Å². The zero-order valence-corrected chi connectivity index (χ0v) is 12.2. The van der Waals surface area contributed by atoms with Gasteiger partial charge in [0.2, 0.25) is 0 Å². The molecule has 0 fully saturated rings. The number of ether oxygens (including phenoxy) is 2. The zero-order chi connectivity index (χ0) is 14.4. The first kappa shape index (κ1) is 14.4. The van der Waals surface area contributed by atoms with Crippen molar-refractivity contribution in [3.63, 3.8) is 0 Å². The van der Waals surface area contributed by atoms with Crippen LogP contribution in [0, 0.1) is 0 Å². The van der Waals surface area contributed by atoms with E-state index < -0.39 is 0 Å². The molecular weight excluding hydrogens is 254 g/mol. The predicted octanol–water partition coefficient (Wildman–Crippen LogP) is 2.95. The van der Waals surface area contributed by atoms with Crippen molar-refractivity contribution in [3.8, 4) is 11.5 Å². The number of H-pyrrole nitrogens is 1. The van der Waals surface area contributed by atoms with Gasteiger partial charge >= 0.3 is 0 Å². The van der Waals surface area contributed by atoms with Gasteiger partial charge in [-0.1, -0.05) is 6.92 Å². The van der Waals surface area contributed by atoms with Crippen molar-refractivity contribution >= 4 is 0 Å². The van der Waals surface area contributed by atoms with E-state index in [2.05, 4.69) is 28.4 Å². The normalized spacial score (nSPS) is 12.2. The fourth-order valence-electron chi connectivity index (χ4n) is 2.20. The predicted molar refractivity (Wildman–Crippen MR) is 77.3 cm³/mol. The van der Waals surface area contributed by atoms with Gasteiger partial charge < -0.3 is 9.47 Å². The Kier molecular flexibility index (Phi) is 4.98. The first-order valence-corrected chi connectivity index (χ1v) is 6.98. The molecule has 5 nitrogen and oxygen atoms in total. The highest BCUT2D eigenvalue weighted by Gasteiger charge is 2.15. The quantitative estimate of drug-likeness (QED) is 0.844. The van der Waals surface area contributed by atoms with Crippen LogP contribution in [0.5, 0.6) is 11.5 Å². The molecule has 0 bridgehead atoms. The monoisotopic (exact) mass is 275 g/mol. The van der Waals surface area contributed by atoms with Gasteiger partial charge in [0.15, 0.2) is 0 Å². The molecule has 1 N–H and O–H groups in total. The van der Waals surface area contributed by atoms with Crippen molar-refractivity contribution in [1.82, 2.24) is 15.4 Å². The molecule has 1 heterocycles. The van der Waals surface area contributed by atoms with Crippen LogP contribution in [0.3, 0.4) is 0 Å². The molecule has 0 saturated heterocycles. The second-order valence-electron chi connectivity index (χ2n) is 4.63. The van der Waals surface area contributed by atoms with Gasteiger partial charge in [-0.3, -0.25) is 0 Å². The minimum atomic E-state index is 0.280. The Morgan fingerprint density at radius 2 is 2.00 bits per heavy atom. The highest BCUT2D eigenvalue weighted by Crippen LogP contribution is 2.32. The van der Waals surface area contributed by atoms with Crippen LogP contribution in [0.1, 0.15) is 37.9 Å². The minimum absolute atomic E-state index is 0.280. The molecule has 20 heavy (non-hydrogen) atoms. The van der Waals surface area contributed by atoms with Crippen LogP contribution in [-0.2, 0) is 6.42 Å². The smallest absolute Gasteiger partial charge is 0.123 e. The summed E-state index contributed by atoms with van der Waals surface area (Å²) in [6.07, 6.45) is 2.56. The lowest BCUT2D eigenvalue weighted by atomic mass is 9.95. The zero-order valence-electron chi connectivity index (χ0n) is 12.2. The number of aromatic amines is 1. The van der Waals surface area contributed by atoms with E-state index in [4.69, 9.17) is 9.47 Å². The lowest BCUT2D eigenvalue weighted by Crippen LogP contribution is -2.04. The summed E-state index contributed by atoms with van der Waals surface area (Å²) >= 11 is 0. The molecule has 108 valence electrons.